The Balaban J connectivity index is 1.64. The van der Waals surface area contributed by atoms with Gasteiger partial charge in [0.15, 0.2) is 0 Å². The number of nitrogens with one attached hydrogen (secondary N) is 2. The van der Waals surface area contributed by atoms with Crippen LogP contribution in [0.25, 0.3) is 5.82 Å². The molecule has 9 nitrogen and oxygen atoms in total. The van der Waals surface area contributed by atoms with E-state index in [9.17, 15) is 8.42 Å². The second kappa shape index (κ2) is 8.11. The fraction of sp³-hybridized carbons (Fsp3) is 0.389. The molecule has 0 aliphatic heterocycles. The second-order valence-corrected chi connectivity index (χ2v) is 8.09. The SMILES string of the molecule is CCn1nc(C)c(S(=O)(=O)NCCNc2cc(-n3cccc3)nc(C)n2)c1C. The van der Waals surface area contributed by atoms with E-state index in [0.717, 1.165) is 5.82 Å². The zero-order valence-corrected chi connectivity index (χ0v) is 17.3. The largest absolute Gasteiger partial charge is 0.369 e. The first-order chi connectivity index (χ1) is 13.3. The van der Waals surface area contributed by atoms with Crippen molar-refractivity contribution < 1.29 is 8.42 Å². The second-order valence-electron chi connectivity index (χ2n) is 6.39. The maximum atomic E-state index is 12.7. The van der Waals surface area contributed by atoms with Crippen molar-refractivity contribution in [1.82, 2.24) is 29.0 Å². The Kier molecular flexibility index (Phi) is 5.80. The lowest BCUT2D eigenvalue weighted by Crippen LogP contribution is -2.30. The molecule has 0 spiro atoms. The van der Waals surface area contributed by atoms with Gasteiger partial charge in [0.05, 0.1) is 11.4 Å². The van der Waals surface area contributed by atoms with Crippen LogP contribution in [0.1, 0.15) is 24.1 Å². The van der Waals surface area contributed by atoms with E-state index in [-0.39, 0.29) is 11.4 Å². The predicted molar refractivity (Wildman–Crippen MR) is 107 cm³/mol. The summed E-state index contributed by atoms with van der Waals surface area (Å²) in [6.07, 6.45) is 3.81. The molecular weight excluding hydrogens is 378 g/mol. The fourth-order valence-corrected chi connectivity index (χ4v) is 4.53. The van der Waals surface area contributed by atoms with Gasteiger partial charge in [0.25, 0.3) is 0 Å². The molecule has 0 fully saturated rings. The summed E-state index contributed by atoms with van der Waals surface area (Å²) in [4.78, 5) is 9.01. The van der Waals surface area contributed by atoms with Crippen LogP contribution >= 0.6 is 0 Å². The molecule has 0 atom stereocenters. The van der Waals surface area contributed by atoms with E-state index < -0.39 is 10.0 Å². The van der Waals surface area contributed by atoms with Gasteiger partial charge in [0.2, 0.25) is 10.0 Å². The minimum atomic E-state index is -3.63. The summed E-state index contributed by atoms with van der Waals surface area (Å²) in [7, 11) is -3.63. The Morgan fingerprint density at radius 2 is 1.79 bits per heavy atom. The molecule has 0 saturated heterocycles. The molecule has 0 bridgehead atoms. The fourth-order valence-electron chi connectivity index (χ4n) is 3.09. The molecule has 2 N–H and O–H groups in total. The maximum absolute atomic E-state index is 12.7. The molecule has 10 heteroatoms. The van der Waals surface area contributed by atoms with Gasteiger partial charge in [-0.05, 0) is 39.8 Å². The highest BCUT2D eigenvalue weighted by molar-refractivity contribution is 7.89. The number of nitrogens with zero attached hydrogens (tertiary/aromatic N) is 5. The molecule has 0 aliphatic rings. The van der Waals surface area contributed by atoms with Crippen LogP contribution in [-0.2, 0) is 16.6 Å². The molecule has 0 amide bonds. The van der Waals surface area contributed by atoms with Gasteiger partial charge in [0, 0.05) is 38.1 Å². The topological polar surface area (TPSA) is 107 Å². The Morgan fingerprint density at radius 3 is 2.43 bits per heavy atom. The third-order valence-electron chi connectivity index (χ3n) is 4.30. The van der Waals surface area contributed by atoms with Gasteiger partial charge in [-0.25, -0.2) is 23.1 Å². The third-order valence-corrected chi connectivity index (χ3v) is 6.01. The molecule has 0 radical (unpaired) electrons. The van der Waals surface area contributed by atoms with Crippen molar-refractivity contribution in [3.63, 3.8) is 0 Å². The third kappa shape index (κ3) is 4.23. The number of hydrogen-bond donors (Lipinski definition) is 2. The summed E-state index contributed by atoms with van der Waals surface area (Å²) >= 11 is 0. The number of aryl methyl sites for hydroxylation is 3. The molecule has 3 heterocycles. The molecule has 3 aromatic rings. The highest BCUT2D eigenvalue weighted by Crippen LogP contribution is 2.19. The van der Waals surface area contributed by atoms with Crippen LogP contribution in [-0.4, -0.2) is 45.8 Å². The highest BCUT2D eigenvalue weighted by atomic mass is 32.2. The van der Waals surface area contributed by atoms with Gasteiger partial charge in [-0.1, -0.05) is 0 Å². The van der Waals surface area contributed by atoms with Crippen LogP contribution in [0.4, 0.5) is 5.82 Å². The molecule has 0 unspecified atom stereocenters. The van der Waals surface area contributed by atoms with Crippen molar-refractivity contribution in [1.29, 1.82) is 0 Å². The first-order valence-electron chi connectivity index (χ1n) is 9.08. The summed E-state index contributed by atoms with van der Waals surface area (Å²) < 4.78 is 31.5. The number of hydrogen-bond acceptors (Lipinski definition) is 6. The van der Waals surface area contributed by atoms with Crippen LogP contribution in [0.3, 0.4) is 0 Å². The minimum Gasteiger partial charge on any atom is -0.369 e. The van der Waals surface area contributed by atoms with Crippen molar-refractivity contribution in [3.8, 4) is 5.82 Å². The molecular formula is C18H25N7O2S. The molecule has 0 aromatic carbocycles. The smallest absolute Gasteiger partial charge is 0.244 e. The number of anilines is 1. The van der Waals surface area contributed by atoms with E-state index in [1.165, 1.54) is 0 Å². The number of sulfonamides is 1. The number of aromatic nitrogens is 5. The molecule has 0 saturated carbocycles. The summed E-state index contributed by atoms with van der Waals surface area (Å²) in [6, 6.07) is 5.66. The Hall–Kier alpha value is -2.72. The minimum absolute atomic E-state index is 0.223. The molecule has 3 rings (SSSR count). The molecule has 3 aromatic heterocycles. The van der Waals surface area contributed by atoms with Crippen molar-refractivity contribution >= 4 is 15.8 Å². The normalized spacial score (nSPS) is 11.7. The van der Waals surface area contributed by atoms with Crippen LogP contribution in [0, 0.1) is 20.8 Å². The first kappa shape index (κ1) is 20.0. The Bertz CT molecular complexity index is 1060. The van der Waals surface area contributed by atoms with Crippen molar-refractivity contribution in [2.45, 2.75) is 39.1 Å². The van der Waals surface area contributed by atoms with E-state index in [1.54, 1.807) is 18.5 Å². The van der Waals surface area contributed by atoms with E-state index in [2.05, 4.69) is 25.1 Å². The predicted octanol–water partition coefficient (Wildman–Crippen LogP) is 1.80. The van der Waals surface area contributed by atoms with E-state index in [0.29, 0.717) is 36.1 Å². The lowest BCUT2D eigenvalue weighted by Gasteiger charge is -2.11. The lowest BCUT2D eigenvalue weighted by molar-refractivity contribution is 0.580. The Morgan fingerprint density at radius 1 is 1.07 bits per heavy atom. The number of rotatable bonds is 8. The summed E-state index contributed by atoms with van der Waals surface area (Å²) in [6.45, 7) is 8.46. The lowest BCUT2D eigenvalue weighted by atomic mass is 10.4. The average Bonchev–Trinajstić information content (AvgIpc) is 3.26. The standard InChI is InChI=1S/C18H25N7O2S/c1-5-25-14(3)18(13(2)23-25)28(26,27)20-9-8-19-16-12-17(22-15(4)21-16)24-10-6-7-11-24/h6-7,10-12,20H,5,8-9H2,1-4H3,(H,19,21,22). The van der Waals surface area contributed by atoms with Crippen molar-refractivity contribution in [2.24, 2.45) is 0 Å². The highest BCUT2D eigenvalue weighted by Gasteiger charge is 2.23. The zero-order valence-electron chi connectivity index (χ0n) is 16.5. The van der Waals surface area contributed by atoms with Crippen molar-refractivity contribution in [3.05, 3.63) is 47.8 Å². The van der Waals surface area contributed by atoms with Gasteiger partial charge in [0.1, 0.15) is 22.4 Å². The van der Waals surface area contributed by atoms with Crippen LogP contribution in [0.15, 0.2) is 35.5 Å². The zero-order chi connectivity index (χ0) is 20.3. The molecule has 0 aliphatic carbocycles. The summed E-state index contributed by atoms with van der Waals surface area (Å²) in [5.74, 6) is 2.02. The van der Waals surface area contributed by atoms with E-state index >= 15 is 0 Å². The maximum Gasteiger partial charge on any atom is 0.244 e. The average molecular weight is 404 g/mol. The summed E-state index contributed by atoms with van der Waals surface area (Å²) in [5.41, 5.74) is 1.14. The Labute approximate surface area is 164 Å². The quantitative estimate of drug-likeness (QED) is 0.556. The van der Waals surface area contributed by atoms with Crippen LogP contribution in [0.2, 0.25) is 0 Å². The van der Waals surface area contributed by atoms with Gasteiger partial charge in [-0.3, -0.25) is 4.68 Å². The first-order valence-corrected chi connectivity index (χ1v) is 10.6. The summed E-state index contributed by atoms with van der Waals surface area (Å²) in [5, 5.41) is 7.42. The monoisotopic (exact) mass is 403 g/mol. The van der Waals surface area contributed by atoms with Crippen LogP contribution < -0.4 is 10.0 Å². The van der Waals surface area contributed by atoms with Crippen molar-refractivity contribution in [2.75, 3.05) is 18.4 Å². The van der Waals surface area contributed by atoms with Gasteiger partial charge in [-0.2, -0.15) is 5.10 Å². The molecule has 28 heavy (non-hydrogen) atoms. The van der Waals surface area contributed by atoms with Gasteiger partial charge in [-0.15, -0.1) is 0 Å². The molecule has 150 valence electrons. The van der Waals surface area contributed by atoms with E-state index in [1.807, 2.05) is 49.0 Å². The van der Waals surface area contributed by atoms with E-state index in [4.69, 9.17) is 0 Å². The van der Waals surface area contributed by atoms with Gasteiger partial charge < -0.3 is 9.88 Å². The van der Waals surface area contributed by atoms with Crippen LogP contribution in [0.5, 0.6) is 0 Å². The van der Waals surface area contributed by atoms with Gasteiger partial charge >= 0.3 is 0 Å².